The summed E-state index contributed by atoms with van der Waals surface area (Å²) in [5, 5.41) is 2.38. The summed E-state index contributed by atoms with van der Waals surface area (Å²) in [6.07, 6.45) is 1.79. The van der Waals surface area contributed by atoms with Crippen molar-refractivity contribution in [1.82, 2.24) is 15.0 Å². The number of rotatable bonds is 1. The molecular weight excluding hydrogens is 302 g/mol. The highest BCUT2D eigenvalue weighted by atomic mass is 35.5. The average molecular weight is 318 g/mol. The van der Waals surface area contributed by atoms with Crippen LogP contribution in [0.2, 0.25) is 5.15 Å². The Morgan fingerprint density at radius 1 is 1.14 bits per heavy atom. The Hall–Kier alpha value is -1.52. The quantitative estimate of drug-likeness (QED) is 0.592. The monoisotopic (exact) mass is 317 g/mol. The Morgan fingerprint density at radius 2 is 1.90 bits per heavy atom. The molecule has 2 heterocycles. The van der Waals surface area contributed by atoms with Gasteiger partial charge in [-0.2, -0.15) is 0 Å². The predicted octanol–water partition coefficient (Wildman–Crippen LogP) is 5.01. The molecule has 0 spiro atoms. The van der Waals surface area contributed by atoms with Crippen molar-refractivity contribution < 1.29 is 0 Å². The third kappa shape index (κ3) is 2.78. The van der Waals surface area contributed by atoms with E-state index in [0.717, 1.165) is 20.8 Å². The molecule has 2 aromatic heterocycles. The topological polar surface area (TPSA) is 38.7 Å². The molecule has 3 aromatic rings. The number of halogens is 1. The molecular formula is C16H16ClN3S. The second kappa shape index (κ2) is 5.04. The van der Waals surface area contributed by atoms with Gasteiger partial charge in [0.15, 0.2) is 5.82 Å². The van der Waals surface area contributed by atoms with E-state index in [9.17, 15) is 0 Å². The number of benzene rings is 1. The molecule has 0 N–H and O–H groups in total. The molecule has 0 atom stereocenters. The van der Waals surface area contributed by atoms with Crippen molar-refractivity contribution in [2.24, 2.45) is 0 Å². The lowest BCUT2D eigenvalue weighted by Gasteiger charge is -2.19. The maximum Gasteiger partial charge on any atom is 0.173 e. The van der Waals surface area contributed by atoms with Gasteiger partial charge in [0.05, 0.1) is 15.4 Å². The first-order valence-corrected chi connectivity index (χ1v) is 7.94. The van der Waals surface area contributed by atoms with E-state index in [0.29, 0.717) is 11.0 Å². The molecule has 0 unspecified atom stereocenters. The van der Waals surface area contributed by atoms with Gasteiger partial charge in [0.25, 0.3) is 0 Å². The number of aromatic nitrogens is 3. The van der Waals surface area contributed by atoms with Crippen LogP contribution in [0.5, 0.6) is 0 Å². The predicted molar refractivity (Wildman–Crippen MR) is 89.1 cm³/mol. The zero-order chi connectivity index (χ0) is 15.2. The zero-order valence-electron chi connectivity index (χ0n) is 12.4. The summed E-state index contributed by atoms with van der Waals surface area (Å²) in [7, 11) is 0. The number of thiazole rings is 1. The van der Waals surface area contributed by atoms with E-state index in [1.807, 2.05) is 13.0 Å². The van der Waals surface area contributed by atoms with Gasteiger partial charge in [-0.1, -0.05) is 38.4 Å². The van der Waals surface area contributed by atoms with Gasteiger partial charge in [0, 0.05) is 11.6 Å². The van der Waals surface area contributed by atoms with Crippen molar-refractivity contribution in [2.75, 3.05) is 0 Å². The lowest BCUT2D eigenvalue weighted by molar-refractivity contribution is 0.591. The Bertz CT molecular complexity index is 818. The maximum absolute atomic E-state index is 6.37. The van der Waals surface area contributed by atoms with Crippen LogP contribution in [-0.4, -0.2) is 15.0 Å². The molecule has 0 fully saturated rings. The van der Waals surface area contributed by atoms with Crippen molar-refractivity contribution in [2.45, 2.75) is 33.1 Å². The van der Waals surface area contributed by atoms with Crippen molar-refractivity contribution in [1.29, 1.82) is 0 Å². The molecule has 0 radical (unpaired) electrons. The van der Waals surface area contributed by atoms with Crippen molar-refractivity contribution >= 4 is 33.8 Å². The summed E-state index contributed by atoms with van der Waals surface area (Å²) in [5.74, 6) is 0.640. The van der Waals surface area contributed by atoms with E-state index in [1.165, 1.54) is 5.56 Å². The van der Waals surface area contributed by atoms with Crippen LogP contribution in [0.1, 0.15) is 31.3 Å². The molecule has 0 saturated carbocycles. The van der Waals surface area contributed by atoms with Gasteiger partial charge < -0.3 is 0 Å². The van der Waals surface area contributed by atoms with Gasteiger partial charge in [0.1, 0.15) is 5.15 Å². The third-order valence-corrected chi connectivity index (χ3v) is 4.55. The fourth-order valence-electron chi connectivity index (χ4n) is 2.13. The normalized spacial score (nSPS) is 12.0. The molecule has 3 nitrogen and oxygen atoms in total. The van der Waals surface area contributed by atoms with Crippen LogP contribution in [0.3, 0.4) is 0 Å². The number of hydrogen-bond acceptors (Lipinski definition) is 4. The van der Waals surface area contributed by atoms with Crippen LogP contribution >= 0.6 is 22.9 Å². The van der Waals surface area contributed by atoms with Crippen molar-refractivity contribution in [3.63, 3.8) is 0 Å². The summed E-state index contributed by atoms with van der Waals surface area (Å²) in [4.78, 5) is 14.2. The molecule has 0 aliphatic carbocycles. The van der Waals surface area contributed by atoms with Gasteiger partial charge >= 0.3 is 0 Å². The van der Waals surface area contributed by atoms with Gasteiger partial charge in [-0.15, -0.1) is 11.3 Å². The Morgan fingerprint density at radius 3 is 2.52 bits per heavy atom. The highest BCUT2D eigenvalue weighted by molar-refractivity contribution is 7.14. The molecule has 0 aliphatic rings. The molecule has 21 heavy (non-hydrogen) atoms. The van der Waals surface area contributed by atoms with Gasteiger partial charge in [-0.05, 0) is 30.0 Å². The largest absolute Gasteiger partial charge is 0.249 e. The lowest BCUT2D eigenvalue weighted by atomic mass is 9.86. The minimum atomic E-state index is 0.0744. The summed E-state index contributed by atoms with van der Waals surface area (Å²) in [6.45, 7) is 8.50. The summed E-state index contributed by atoms with van der Waals surface area (Å²) in [5.41, 5.74) is 2.16. The molecule has 0 saturated heterocycles. The van der Waals surface area contributed by atoms with Crippen LogP contribution in [0.15, 0.2) is 24.4 Å². The van der Waals surface area contributed by atoms with Crippen molar-refractivity contribution in [3.8, 4) is 10.7 Å². The molecule has 0 aliphatic heterocycles. The van der Waals surface area contributed by atoms with Crippen LogP contribution in [-0.2, 0) is 5.41 Å². The minimum absolute atomic E-state index is 0.0744. The third-order valence-electron chi connectivity index (χ3n) is 3.36. The van der Waals surface area contributed by atoms with Gasteiger partial charge in [-0.3, -0.25) is 0 Å². The van der Waals surface area contributed by atoms with E-state index in [-0.39, 0.29) is 5.41 Å². The zero-order valence-corrected chi connectivity index (χ0v) is 14.0. The molecule has 0 bridgehead atoms. The van der Waals surface area contributed by atoms with E-state index >= 15 is 0 Å². The first-order valence-electron chi connectivity index (χ1n) is 6.75. The molecule has 5 heteroatoms. The summed E-state index contributed by atoms with van der Waals surface area (Å²) in [6, 6.07) is 6.20. The van der Waals surface area contributed by atoms with Gasteiger partial charge in [-0.25, -0.2) is 15.0 Å². The molecule has 3 rings (SSSR count). The number of hydrogen-bond donors (Lipinski definition) is 0. The highest BCUT2D eigenvalue weighted by Crippen LogP contribution is 2.31. The molecule has 108 valence electrons. The van der Waals surface area contributed by atoms with E-state index < -0.39 is 0 Å². The maximum atomic E-state index is 6.37. The average Bonchev–Trinajstić information content (AvgIpc) is 2.84. The number of fused-ring (bicyclic) bond motifs is 1. The first-order chi connectivity index (χ1) is 9.84. The van der Waals surface area contributed by atoms with Crippen molar-refractivity contribution in [3.05, 3.63) is 40.1 Å². The van der Waals surface area contributed by atoms with Crippen LogP contribution in [0.25, 0.3) is 21.6 Å². The standard InChI is InChI=1S/C16H16ClN3S/c1-9-18-8-13(21-9)15-19-12-6-5-10(16(2,3)4)7-11(12)14(17)20-15/h5-8H,1-4H3. The second-order valence-corrected chi connectivity index (χ2v) is 7.66. The second-order valence-electron chi connectivity index (χ2n) is 6.06. The van der Waals surface area contributed by atoms with E-state index in [4.69, 9.17) is 11.6 Å². The first kappa shape index (κ1) is 14.4. The number of aryl methyl sites for hydroxylation is 1. The Balaban J connectivity index is 2.17. The number of nitrogens with zero attached hydrogens (tertiary/aromatic N) is 3. The minimum Gasteiger partial charge on any atom is -0.249 e. The SMILES string of the molecule is Cc1ncc(-c2nc(Cl)c3cc(C(C)(C)C)ccc3n2)s1. The lowest BCUT2D eigenvalue weighted by Crippen LogP contribution is -2.10. The summed E-state index contributed by atoms with van der Waals surface area (Å²) < 4.78 is 0. The fraction of sp³-hybridized carbons (Fsp3) is 0.312. The van der Waals surface area contributed by atoms with Crippen LogP contribution in [0, 0.1) is 6.92 Å². The Labute approximate surface area is 133 Å². The Kier molecular flexibility index (Phi) is 3.46. The highest BCUT2D eigenvalue weighted by Gasteiger charge is 2.16. The van der Waals surface area contributed by atoms with E-state index in [1.54, 1.807) is 17.5 Å². The van der Waals surface area contributed by atoms with Crippen LogP contribution < -0.4 is 0 Å². The summed E-state index contributed by atoms with van der Waals surface area (Å²) >= 11 is 7.94. The molecule has 1 aromatic carbocycles. The fourth-order valence-corrected chi connectivity index (χ4v) is 3.08. The van der Waals surface area contributed by atoms with Gasteiger partial charge in [0.2, 0.25) is 0 Å². The smallest absolute Gasteiger partial charge is 0.173 e. The van der Waals surface area contributed by atoms with Crippen LogP contribution in [0.4, 0.5) is 0 Å². The molecule has 0 amide bonds. The van der Waals surface area contributed by atoms with E-state index in [2.05, 4.69) is 47.9 Å².